The molecule has 1 aromatic carbocycles. The van der Waals surface area contributed by atoms with Crippen LogP contribution in [-0.2, 0) is 16.1 Å². The van der Waals surface area contributed by atoms with Crippen LogP contribution in [0.2, 0.25) is 0 Å². The van der Waals surface area contributed by atoms with E-state index in [9.17, 15) is 9.59 Å². The molecule has 92 valence electrons. The van der Waals surface area contributed by atoms with Crippen molar-refractivity contribution in [3.8, 4) is 5.75 Å². The van der Waals surface area contributed by atoms with Gasteiger partial charge in [0.15, 0.2) is 0 Å². The number of nitrogens with one attached hydrogen (secondary N) is 1. The van der Waals surface area contributed by atoms with Gasteiger partial charge in [0.2, 0.25) is 5.91 Å². The molecule has 4 heteroatoms. The highest BCUT2D eigenvalue weighted by atomic mass is 16.5. The monoisotopic (exact) mass is 235 g/mol. The molecule has 0 atom stereocenters. The highest BCUT2D eigenvalue weighted by Gasteiger charge is 2.05. The SMILES string of the molecule is CC(=O)Oc1ccc(CNC(=O)C(C)C)cc1. The Hall–Kier alpha value is -1.84. The number of rotatable bonds is 4. The van der Waals surface area contributed by atoms with Gasteiger partial charge in [-0.2, -0.15) is 0 Å². The second-order valence-electron chi connectivity index (χ2n) is 4.11. The molecule has 0 fully saturated rings. The van der Waals surface area contributed by atoms with E-state index in [-0.39, 0.29) is 17.8 Å². The standard InChI is InChI=1S/C13H17NO3/c1-9(2)13(16)14-8-11-4-6-12(7-5-11)17-10(3)15/h4-7,9H,8H2,1-3H3,(H,14,16). The smallest absolute Gasteiger partial charge is 0.308 e. The predicted octanol–water partition coefficient (Wildman–Crippen LogP) is 1.88. The molecule has 0 aliphatic carbocycles. The Morgan fingerprint density at radius 2 is 1.82 bits per heavy atom. The van der Waals surface area contributed by atoms with Crippen molar-refractivity contribution in [1.82, 2.24) is 5.32 Å². The predicted molar refractivity (Wildman–Crippen MR) is 64.4 cm³/mol. The Balaban J connectivity index is 2.51. The minimum atomic E-state index is -0.342. The molecule has 0 aliphatic heterocycles. The van der Waals surface area contributed by atoms with E-state index < -0.39 is 0 Å². The molecule has 1 aromatic rings. The summed E-state index contributed by atoms with van der Waals surface area (Å²) < 4.78 is 4.91. The third-order valence-corrected chi connectivity index (χ3v) is 2.18. The number of carbonyl (C=O) groups is 2. The normalized spacial score (nSPS) is 10.1. The number of hydrogen-bond donors (Lipinski definition) is 1. The molecule has 1 amide bonds. The number of ether oxygens (including phenoxy) is 1. The summed E-state index contributed by atoms with van der Waals surface area (Å²) in [6, 6.07) is 7.05. The molecule has 0 aromatic heterocycles. The van der Waals surface area contributed by atoms with Gasteiger partial charge in [0.25, 0.3) is 0 Å². The average molecular weight is 235 g/mol. The van der Waals surface area contributed by atoms with E-state index in [1.165, 1.54) is 6.92 Å². The van der Waals surface area contributed by atoms with Crippen molar-refractivity contribution >= 4 is 11.9 Å². The Kier molecular flexibility index (Phi) is 4.69. The molecule has 0 saturated heterocycles. The molecule has 1 rings (SSSR count). The number of benzene rings is 1. The Morgan fingerprint density at radius 3 is 2.29 bits per heavy atom. The first-order valence-electron chi connectivity index (χ1n) is 5.54. The van der Waals surface area contributed by atoms with Gasteiger partial charge in [0.05, 0.1) is 0 Å². The number of esters is 1. The summed E-state index contributed by atoms with van der Waals surface area (Å²) in [5.41, 5.74) is 0.968. The van der Waals surface area contributed by atoms with Crippen molar-refractivity contribution in [2.24, 2.45) is 5.92 Å². The fraction of sp³-hybridized carbons (Fsp3) is 0.385. The second kappa shape index (κ2) is 6.03. The van der Waals surface area contributed by atoms with Crippen molar-refractivity contribution in [3.05, 3.63) is 29.8 Å². The van der Waals surface area contributed by atoms with Crippen molar-refractivity contribution in [2.45, 2.75) is 27.3 Å². The lowest BCUT2D eigenvalue weighted by atomic mass is 10.2. The third-order valence-electron chi connectivity index (χ3n) is 2.18. The van der Waals surface area contributed by atoms with Gasteiger partial charge in [-0.15, -0.1) is 0 Å². The van der Waals surface area contributed by atoms with E-state index in [1.54, 1.807) is 12.1 Å². The first-order chi connectivity index (χ1) is 7.99. The molecule has 0 bridgehead atoms. The Morgan fingerprint density at radius 1 is 1.24 bits per heavy atom. The number of amides is 1. The van der Waals surface area contributed by atoms with Gasteiger partial charge in [0.1, 0.15) is 5.75 Å². The maximum atomic E-state index is 11.3. The summed E-state index contributed by atoms with van der Waals surface area (Å²) in [6.07, 6.45) is 0. The highest BCUT2D eigenvalue weighted by molar-refractivity contribution is 5.77. The van der Waals surface area contributed by atoms with Crippen LogP contribution in [0.5, 0.6) is 5.75 Å². The zero-order valence-electron chi connectivity index (χ0n) is 10.3. The van der Waals surface area contributed by atoms with E-state index in [1.807, 2.05) is 26.0 Å². The van der Waals surface area contributed by atoms with Crippen LogP contribution in [0.15, 0.2) is 24.3 Å². The van der Waals surface area contributed by atoms with Gasteiger partial charge >= 0.3 is 5.97 Å². The van der Waals surface area contributed by atoms with Crippen LogP contribution in [0.4, 0.5) is 0 Å². The molecule has 0 saturated carbocycles. The van der Waals surface area contributed by atoms with Gasteiger partial charge < -0.3 is 10.1 Å². The lowest BCUT2D eigenvalue weighted by Gasteiger charge is -2.08. The largest absolute Gasteiger partial charge is 0.427 e. The van der Waals surface area contributed by atoms with E-state index in [0.29, 0.717) is 12.3 Å². The molecule has 0 heterocycles. The zero-order chi connectivity index (χ0) is 12.8. The first-order valence-corrected chi connectivity index (χ1v) is 5.54. The summed E-state index contributed by atoms with van der Waals surface area (Å²) in [4.78, 5) is 22.1. The molecule has 0 unspecified atom stereocenters. The van der Waals surface area contributed by atoms with E-state index in [0.717, 1.165) is 5.56 Å². The second-order valence-corrected chi connectivity index (χ2v) is 4.11. The Bertz CT molecular complexity index is 396. The average Bonchev–Trinajstić information content (AvgIpc) is 2.26. The van der Waals surface area contributed by atoms with Crippen LogP contribution < -0.4 is 10.1 Å². The van der Waals surface area contributed by atoms with E-state index >= 15 is 0 Å². The molecular weight excluding hydrogens is 218 g/mol. The van der Waals surface area contributed by atoms with Crippen molar-refractivity contribution in [3.63, 3.8) is 0 Å². The molecule has 0 aliphatic rings. The third kappa shape index (κ3) is 4.68. The number of hydrogen-bond acceptors (Lipinski definition) is 3. The maximum Gasteiger partial charge on any atom is 0.308 e. The Labute approximate surface area is 101 Å². The lowest BCUT2D eigenvalue weighted by Crippen LogP contribution is -2.27. The summed E-state index contributed by atoms with van der Waals surface area (Å²) in [5.74, 6) is 0.173. The summed E-state index contributed by atoms with van der Waals surface area (Å²) in [7, 11) is 0. The molecular formula is C13H17NO3. The fourth-order valence-corrected chi connectivity index (χ4v) is 1.23. The lowest BCUT2D eigenvalue weighted by molar-refractivity contribution is -0.131. The zero-order valence-corrected chi connectivity index (χ0v) is 10.3. The molecule has 0 radical (unpaired) electrons. The minimum Gasteiger partial charge on any atom is -0.427 e. The number of carbonyl (C=O) groups excluding carboxylic acids is 2. The summed E-state index contributed by atoms with van der Waals surface area (Å²) in [5, 5.41) is 2.81. The van der Waals surface area contributed by atoms with E-state index in [2.05, 4.69) is 5.32 Å². The quantitative estimate of drug-likeness (QED) is 0.640. The van der Waals surface area contributed by atoms with Gasteiger partial charge in [-0.3, -0.25) is 9.59 Å². The fourth-order valence-electron chi connectivity index (χ4n) is 1.23. The van der Waals surface area contributed by atoms with Gasteiger partial charge in [0, 0.05) is 19.4 Å². The van der Waals surface area contributed by atoms with Crippen molar-refractivity contribution in [1.29, 1.82) is 0 Å². The molecule has 0 spiro atoms. The topological polar surface area (TPSA) is 55.4 Å². The minimum absolute atomic E-state index is 0.0182. The van der Waals surface area contributed by atoms with Crippen LogP contribution in [0.3, 0.4) is 0 Å². The highest BCUT2D eigenvalue weighted by Crippen LogP contribution is 2.12. The van der Waals surface area contributed by atoms with Crippen molar-refractivity contribution < 1.29 is 14.3 Å². The van der Waals surface area contributed by atoms with Gasteiger partial charge in [-0.25, -0.2) is 0 Å². The molecule has 4 nitrogen and oxygen atoms in total. The summed E-state index contributed by atoms with van der Waals surface area (Å²) >= 11 is 0. The summed E-state index contributed by atoms with van der Waals surface area (Å²) in [6.45, 7) is 5.53. The first kappa shape index (κ1) is 13.2. The van der Waals surface area contributed by atoms with Crippen LogP contribution in [0, 0.1) is 5.92 Å². The van der Waals surface area contributed by atoms with Crippen LogP contribution in [0.1, 0.15) is 26.3 Å². The van der Waals surface area contributed by atoms with Crippen LogP contribution in [0.25, 0.3) is 0 Å². The van der Waals surface area contributed by atoms with Gasteiger partial charge in [-0.1, -0.05) is 26.0 Å². The van der Waals surface area contributed by atoms with Crippen molar-refractivity contribution in [2.75, 3.05) is 0 Å². The van der Waals surface area contributed by atoms with E-state index in [4.69, 9.17) is 4.74 Å². The van der Waals surface area contributed by atoms with Gasteiger partial charge in [-0.05, 0) is 17.7 Å². The van der Waals surface area contributed by atoms with Crippen LogP contribution >= 0.6 is 0 Å². The molecule has 17 heavy (non-hydrogen) atoms. The maximum absolute atomic E-state index is 11.3. The van der Waals surface area contributed by atoms with Crippen LogP contribution in [-0.4, -0.2) is 11.9 Å². The molecule has 1 N–H and O–H groups in total.